The first kappa shape index (κ1) is 22.5. The summed E-state index contributed by atoms with van der Waals surface area (Å²) >= 11 is 0. The Morgan fingerprint density at radius 2 is 1.26 bits per heavy atom. The van der Waals surface area contributed by atoms with Gasteiger partial charge in [0.25, 0.3) is 0 Å². The Labute approximate surface area is 329 Å². The number of hydrogen-bond acceptors (Lipinski definition) is 4. The van der Waals surface area contributed by atoms with Gasteiger partial charge in [0.15, 0.2) is 0 Å². The number of rotatable bonds is 7. The summed E-state index contributed by atoms with van der Waals surface area (Å²) < 4.78 is 96.1. The molecule has 2 bridgehead atoms. The summed E-state index contributed by atoms with van der Waals surface area (Å²) in [4.78, 5) is 9.13. The third kappa shape index (κ3) is 4.96. The lowest BCUT2D eigenvalue weighted by molar-refractivity contribution is 0.482. The highest BCUT2D eigenvalue weighted by atomic mass is 16.5. The minimum Gasteiger partial charge on any atom is -0.457 e. The standard InChI is InChI=1S/C49H38N4O/c1-3-13-33(14-4-1)40-20-12-21-41(34-15-5-2-6-16-34)49(40)52-32-51(47-35-24-25-36(29-35)48(47)52)37-17-11-18-38(30-37)54-39-26-27-43-42-19-7-8-22-44(42)53(45(43)31-39)46-23-9-10-28-50-46/h1-28,30-31,35-36,47-48H,29,32H2/t35-,36?,47+,48?/m1/s1/i1D,2D,3D,4D,5D,6D,13D,14D,15D,16D. The summed E-state index contributed by atoms with van der Waals surface area (Å²) in [7, 11) is 0. The van der Waals surface area contributed by atoms with E-state index >= 15 is 0 Å². The van der Waals surface area contributed by atoms with Crippen LogP contribution in [0.1, 0.15) is 20.1 Å². The molecule has 5 nitrogen and oxygen atoms in total. The number of anilines is 2. The van der Waals surface area contributed by atoms with Gasteiger partial charge in [-0.1, -0.05) is 121 Å². The van der Waals surface area contributed by atoms with Gasteiger partial charge >= 0.3 is 0 Å². The molecule has 3 heterocycles. The van der Waals surface area contributed by atoms with E-state index in [-0.39, 0.29) is 41.7 Å². The summed E-state index contributed by atoms with van der Waals surface area (Å²) in [6.07, 6.45) is 7.10. The molecule has 2 unspecified atom stereocenters. The molecule has 5 heteroatoms. The van der Waals surface area contributed by atoms with Crippen LogP contribution >= 0.6 is 0 Å². The minimum atomic E-state index is -0.523. The third-order valence-electron chi connectivity index (χ3n) is 11.2. The second kappa shape index (κ2) is 12.5. The minimum absolute atomic E-state index is 0.0293. The van der Waals surface area contributed by atoms with Crippen molar-refractivity contribution in [1.82, 2.24) is 9.55 Å². The van der Waals surface area contributed by atoms with E-state index in [1.54, 1.807) is 24.4 Å². The lowest BCUT2D eigenvalue weighted by Gasteiger charge is -2.33. The summed E-state index contributed by atoms with van der Waals surface area (Å²) in [5.41, 5.74) is 3.86. The summed E-state index contributed by atoms with van der Waals surface area (Å²) in [6.45, 7) is 0.283. The molecule has 3 aliphatic rings. The van der Waals surface area contributed by atoms with Crippen molar-refractivity contribution in [2.45, 2.75) is 18.5 Å². The number of pyridine rings is 1. The molecule has 1 aliphatic heterocycles. The normalized spacial score (nSPS) is 22.5. The van der Waals surface area contributed by atoms with Gasteiger partial charge in [0.1, 0.15) is 17.3 Å². The lowest BCUT2D eigenvalue weighted by atomic mass is 9.91. The first-order valence-electron chi connectivity index (χ1n) is 23.1. The number of hydrogen-bond donors (Lipinski definition) is 0. The van der Waals surface area contributed by atoms with Crippen molar-refractivity contribution in [2.24, 2.45) is 11.8 Å². The van der Waals surface area contributed by atoms with Crippen molar-refractivity contribution < 1.29 is 18.4 Å². The van der Waals surface area contributed by atoms with E-state index in [4.69, 9.17) is 18.4 Å². The van der Waals surface area contributed by atoms with Crippen molar-refractivity contribution >= 4 is 33.2 Å². The summed E-state index contributed by atoms with van der Waals surface area (Å²) in [6, 6.07) is 28.3. The molecule has 0 spiro atoms. The highest BCUT2D eigenvalue weighted by Gasteiger charge is 2.55. The predicted molar refractivity (Wildman–Crippen MR) is 221 cm³/mol. The van der Waals surface area contributed by atoms with Crippen LogP contribution in [0.4, 0.5) is 11.4 Å². The largest absolute Gasteiger partial charge is 0.457 e. The SMILES string of the molecule is [2H]c1c([2H])c([2H])c(-c2cccc(-c3c([2H])c([2H])c([2H])c([2H])c3[2H])c2N2CN(c3cccc(Oc4ccc5c6ccccc6n(-c6ccccn6)c5c4)c3)[C@@H]3C2C2C=C[C@@H]3C2)c([2H])c1[2H]. The van der Waals surface area contributed by atoms with Gasteiger partial charge in [-0.05, 0) is 71.8 Å². The fourth-order valence-electron chi connectivity index (χ4n) is 9.06. The summed E-state index contributed by atoms with van der Waals surface area (Å²) in [5.74, 6) is 2.30. The van der Waals surface area contributed by atoms with Gasteiger partial charge in [-0.2, -0.15) is 0 Å². The van der Waals surface area contributed by atoms with Crippen LogP contribution in [0.15, 0.2) is 182 Å². The monoisotopic (exact) mass is 708 g/mol. The fourth-order valence-corrected chi connectivity index (χ4v) is 9.06. The van der Waals surface area contributed by atoms with Crippen LogP contribution in [0.2, 0.25) is 0 Å². The van der Waals surface area contributed by atoms with E-state index < -0.39 is 60.4 Å². The van der Waals surface area contributed by atoms with E-state index in [1.807, 2.05) is 66.7 Å². The highest BCUT2D eigenvalue weighted by Crippen LogP contribution is 2.53. The van der Waals surface area contributed by atoms with E-state index in [1.165, 1.54) is 0 Å². The molecule has 2 aliphatic carbocycles. The maximum Gasteiger partial charge on any atom is 0.137 e. The van der Waals surface area contributed by atoms with Gasteiger partial charge in [0, 0.05) is 45.9 Å². The van der Waals surface area contributed by atoms with Crippen LogP contribution in [-0.2, 0) is 0 Å². The van der Waals surface area contributed by atoms with Crippen LogP contribution in [-0.4, -0.2) is 28.3 Å². The van der Waals surface area contributed by atoms with E-state index in [0.717, 1.165) is 39.7 Å². The topological polar surface area (TPSA) is 33.5 Å². The molecule has 0 radical (unpaired) electrons. The van der Waals surface area contributed by atoms with Gasteiger partial charge in [-0.15, -0.1) is 0 Å². The number of benzene rings is 6. The first-order chi connectivity index (χ1) is 30.9. The van der Waals surface area contributed by atoms with E-state index in [2.05, 4.69) is 49.7 Å². The van der Waals surface area contributed by atoms with E-state index in [0.29, 0.717) is 28.3 Å². The zero-order valence-corrected chi connectivity index (χ0v) is 29.0. The van der Waals surface area contributed by atoms with Crippen LogP contribution < -0.4 is 14.5 Å². The maximum atomic E-state index is 9.05. The average Bonchev–Trinajstić information content (AvgIpc) is 4.11. The van der Waals surface area contributed by atoms with E-state index in [9.17, 15) is 0 Å². The number of para-hydroxylation sites is 2. The van der Waals surface area contributed by atoms with Crippen LogP contribution in [0, 0.1) is 11.8 Å². The van der Waals surface area contributed by atoms with Crippen molar-refractivity contribution in [3.63, 3.8) is 0 Å². The van der Waals surface area contributed by atoms with Crippen molar-refractivity contribution in [3.05, 3.63) is 182 Å². The molecule has 8 aromatic rings. The average molecular weight is 709 g/mol. The Morgan fingerprint density at radius 3 is 2.00 bits per heavy atom. The maximum absolute atomic E-state index is 9.05. The molecule has 54 heavy (non-hydrogen) atoms. The van der Waals surface area contributed by atoms with Gasteiger partial charge in [0.2, 0.25) is 0 Å². The Kier molecular flexibility index (Phi) is 5.21. The molecule has 6 aromatic carbocycles. The molecule has 260 valence electrons. The molecule has 0 amide bonds. The Morgan fingerprint density at radius 1 is 0.593 bits per heavy atom. The molecule has 1 saturated heterocycles. The number of ether oxygens (including phenoxy) is 1. The van der Waals surface area contributed by atoms with Crippen LogP contribution in [0.5, 0.6) is 11.5 Å². The van der Waals surface area contributed by atoms with Gasteiger partial charge in [-0.25, -0.2) is 4.98 Å². The number of aromatic nitrogens is 2. The highest BCUT2D eigenvalue weighted by molar-refractivity contribution is 6.09. The molecule has 11 rings (SSSR count). The summed E-state index contributed by atoms with van der Waals surface area (Å²) in [5, 5.41) is 2.18. The zero-order valence-electron chi connectivity index (χ0n) is 39.0. The quantitative estimate of drug-likeness (QED) is 0.154. The van der Waals surface area contributed by atoms with Gasteiger partial charge < -0.3 is 14.5 Å². The van der Waals surface area contributed by atoms with Crippen molar-refractivity contribution in [2.75, 3.05) is 16.5 Å². The fraction of sp³-hybridized carbons (Fsp3) is 0.122. The molecule has 2 fully saturated rings. The first-order valence-corrected chi connectivity index (χ1v) is 18.1. The molecular formula is C49H38N4O. The molecule has 0 N–H and O–H groups in total. The lowest BCUT2D eigenvalue weighted by Crippen LogP contribution is -2.40. The smallest absolute Gasteiger partial charge is 0.137 e. The predicted octanol–water partition coefficient (Wildman–Crippen LogP) is 11.5. The third-order valence-corrected chi connectivity index (χ3v) is 11.2. The molecular weight excluding hydrogens is 661 g/mol. The number of nitrogens with zero attached hydrogens (tertiary/aromatic N) is 4. The van der Waals surface area contributed by atoms with Crippen LogP contribution in [0.3, 0.4) is 0 Å². The molecule has 1 saturated carbocycles. The van der Waals surface area contributed by atoms with Crippen molar-refractivity contribution in [3.8, 4) is 39.6 Å². The van der Waals surface area contributed by atoms with Crippen molar-refractivity contribution in [1.29, 1.82) is 0 Å². The Hall–Kier alpha value is -6.59. The van der Waals surface area contributed by atoms with Crippen LogP contribution in [0.25, 0.3) is 49.9 Å². The molecule has 4 atom stereocenters. The molecule has 2 aromatic heterocycles. The Balaban J connectivity index is 1.04. The Bertz CT molecular complexity index is 3140. The zero-order chi connectivity index (χ0) is 44.3. The van der Waals surface area contributed by atoms with Gasteiger partial charge in [0.05, 0.1) is 49.2 Å². The number of fused-ring (bicyclic) bond motifs is 8. The van der Waals surface area contributed by atoms with Gasteiger partial charge in [-0.3, -0.25) is 4.57 Å². The second-order valence-corrected chi connectivity index (χ2v) is 14.0. The second-order valence-electron chi connectivity index (χ2n) is 14.0.